The Balaban J connectivity index is 2.28. The standard InChI is InChI=1S/C12H11NO3/c1-16-10-4-2-3-8(6-10)5-9-7-11(14)13-12(9)15/h2-6H,7H2,1H3,(H,13,14,15)/b9-5+. The zero-order chi connectivity index (χ0) is 11.5. The number of hydrogen-bond donors (Lipinski definition) is 1. The monoisotopic (exact) mass is 217 g/mol. The van der Waals surface area contributed by atoms with Crippen LogP contribution < -0.4 is 10.1 Å². The summed E-state index contributed by atoms with van der Waals surface area (Å²) in [6.45, 7) is 0. The fraction of sp³-hybridized carbons (Fsp3) is 0.167. The molecule has 1 aromatic rings. The molecule has 2 amide bonds. The van der Waals surface area contributed by atoms with Crippen LogP contribution in [-0.2, 0) is 9.59 Å². The molecule has 1 heterocycles. The van der Waals surface area contributed by atoms with Crippen LogP contribution in [0.5, 0.6) is 5.75 Å². The fourth-order valence-electron chi connectivity index (χ4n) is 1.55. The Bertz CT molecular complexity index is 477. The van der Waals surface area contributed by atoms with Gasteiger partial charge in [-0.1, -0.05) is 12.1 Å². The van der Waals surface area contributed by atoms with Crippen LogP contribution in [0.3, 0.4) is 0 Å². The van der Waals surface area contributed by atoms with Crippen molar-refractivity contribution in [3.05, 3.63) is 35.4 Å². The second-order valence-electron chi connectivity index (χ2n) is 3.50. The molecule has 16 heavy (non-hydrogen) atoms. The molecular weight excluding hydrogens is 206 g/mol. The van der Waals surface area contributed by atoms with Crippen molar-refractivity contribution in [2.24, 2.45) is 0 Å². The van der Waals surface area contributed by atoms with Crippen molar-refractivity contribution in [1.29, 1.82) is 0 Å². The van der Waals surface area contributed by atoms with E-state index in [1.807, 2.05) is 24.3 Å². The minimum atomic E-state index is -0.312. The van der Waals surface area contributed by atoms with Crippen molar-refractivity contribution in [2.75, 3.05) is 7.11 Å². The maximum Gasteiger partial charge on any atom is 0.254 e. The van der Waals surface area contributed by atoms with Gasteiger partial charge in [0.2, 0.25) is 5.91 Å². The Labute approximate surface area is 92.9 Å². The zero-order valence-corrected chi connectivity index (χ0v) is 8.82. The summed E-state index contributed by atoms with van der Waals surface area (Å²) in [5, 5.41) is 2.24. The number of benzene rings is 1. The maximum absolute atomic E-state index is 11.3. The number of nitrogens with one attached hydrogen (secondary N) is 1. The minimum Gasteiger partial charge on any atom is -0.497 e. The molecule has 0 atom stereocenters. The van der Waals surface area contributed by atoms with Gasteiger partial charge in [-0.15, -0.1) is 0 Å². The SMILES string of the molecule is COc1cccc(/C=C2\CC(=O)NC2=O)c1. The van der Waals surface area contributed by atoms with Crippen molar-refractivity contribution >= 4 is 17.9 Å². The third-order valence-electron chi connectivity index (χ3n) is 2.33. The second-order valence-corrected chi connectivity index (χ2v) is 3.50. The molecule has 4 heteroatoms. The lowest BCUT2D eigenvalue weighted by atomic mass is 10.1. The van der Waals surface area contributed by atoms with Gasteiger partial charge in [-0.2, -0.15) is 0 Å². The molecular formula is C12H11NO3. The number of amides is 2. The molecule has 0 spiro atoms. The summed E-state index contributed by atoms with van der Waals surface area (Å²) in [4.78, 5) is 22.3. The first kappa shape index (κ1) is 10.4. The Morgan fingerprint density at radius 3 is 2.81 bits per heavy atom. The molecule has 1 aromatic carbocycles. The van der Waals surface area contributed by atoms with Gasteiger partial charge in [-0.05, 0) is 23.8 Å². The van der Waals surface area contributed by atoms with Crippen LogP contribution in [0.15, 0.2) is 29.8 Å². The third kappa shape index (κ3) is 2.11. The van der Waals surface area contributed by atoms with E-state index in [0.717, 1.165) is 11.3 Å². The van der Waals surface area contributed by atoms with Crippen LogP contribution in [0.25, 0.3) is 6.08 Å². The molecule has 1 N–H and O–H groups in total. The number of hydrogen-bond acceptors (Lipinski definition) is 3. The molecule has 4 nitrogen and oxygen atoms in total. The number of carbonyl (C=O) groups excluding carboxylic acids is 2. The average Bonchev–Trinajstić information content (AvgIpc) is 2.58. The third-order valence-corrected chi connectivity index (χ3v) is 2.33. The lowest BCUT2D eigenvalue weighted by molar-refractivity contribution is -0.124. The smallest absolute Gasteiger partial charge is 0.254 e. The van der Waals surface area contributed by atoms with E-state index in [4.69, 9.17) is 4.74 Å². The summed E-state index contributed by atoms with van der Waals surface area (Å²) < 4.78 is 5.07. The molecule has 0 bridgehead atoms. The quantitative estimate of drug-likeness (QED) is 0.596. The average molecular weight is 217 g/mol. The van der Waals surface area contributed by atoms with Crippen LogP contribution in [0, 0.1) is 0 Å². The summed E-state index contributed by atoms with van der Waals surface area (Å²) >= 11 is 0. The summed E-state index contributed by atoms with van der Waals surface area (Å²) in [5.74, 6) is 0.158. The molecule has 2 rings (SSSR count). The van der Waals surface area contributed by atoms with Gasteiger partial charge in [0.15, 0.2) is 0 Å². The van der Waals surface area contributed by atoms with E-state index in [-0.39, 0.29) is 18.2 Å². The fourth-order valence-corrected chi connectivity index (χ4v) is 1.55. The summed E-state index contributed by atoms with van der Waals surface area (Å²) in [5.41, 5.74) is 1.33. The molecule has 1 aliphatic rings. The molecule has 0 aromatic heterocycles. The highest BCUT2D eigenvalue weighted by Gasteiger charge is 2.23. The first-order chi connectivity index (χ1) is 7.69. The summed E-state index contributed by atoms with van der Waals surface area (Å²) in [6, 6.07) is 7.32. The predicted molar refractivity (Wildman–Crippen MR) is 58.7 cm³/mol. The number of imide groups is 1. The van der Waals surface area contributed by atoms with Gasteiger partial charge < -0.3 is 4.74 Å². The number of rotatable bonds is 2. The van der Waals surface area contributed by atoms with E-state index in [2.05, 4.69) is 5.32 Å². The molecule has 1 aliphatic heterocycles. The van der Waals surface area contributed by atoms with Gasteiger partial charge in [0.05, 0.1) is 13.5 Å². The first-order valence-corrected chi connectivity index (χ1v) is 4.88. The minimum absolute atomic E-state index is 0.149. The Kier molecular flexibility index (Phi) is 2.72. The highest BCUT2D eigenvalue weighted by molar-refractivity contribution is 6.15. The van der Waals surface area contributed by atoms with Gasteiger partial charge in [-0.3, -0.25) is 14.9 Å². The van der Waals surface area contributed by atoms with Crippen molar-refractivity contribution < 1.29 is 14.3 Å². The topological polar surface area (TPSA) is 55.4 Å². The largest absolute Gasteiger partial charge is 0.497 e. The second kappa shape index (κ2) is 4.18. The highest BCUT2D eigenvalue weighted by atomic mass is 16.5. The van der Waals surface area contributed by atoms with E-state index in [9.17, 15) is 9.59 Å². The zero-order valence-electron chi connectivity index (χ0n) is 8.82. The normalized spacial score (nSPS) is 17.7. The number of ether oxygens (including phenoxy) is 1. The van der Waals surface area contributed by atoms with E-state index < -0.39 is 0 Å². The van der Waals surface area contributed by atoms with Gasteiger partial charge in [0.25, 0.3) is 5.91 Å². The van der Waals surface area contributed by atoms with Gasteiger partial charge in [0.1, 0.15) is 5.75 Å². The molecule has 1 saturated heterocycles. The lowest BCUT2D eigenvalue weighted by Crippen LogP contribution is -2.19. The van der Waals surface area contributed by atoms with Gasteiger partial charge in [0, 0.05) is 5.57 Å². The molecule has 0 aliphatic carbocycles. The predicted octanol–water partition coefficient (Wildman–Crippen LogP) is 1.13. The van der Waals surface area contributed by atoms with E-state index in [0.29, 0.717) is 5.57 Å². The Hall–Kier alpha value is -2.10. The van der Waals surface area contributed by atoms with Crippen molar-refractivity contribution in [3.8, 4) is 5.75 Å². The highest BCUT2D eigenvalue weighted by Crippen LogP contribution is 2.18. The van der Waals surface area contributed by atoms with Crippen molar-refractivity contribution in [3.63, 3.8) is 0 Å². The Morgan fingerprint density at radius 1 is 1.38 bits per heavy atom. The lowest BCUT2D eigenvalue weighted by Gasteiger charge is -2.00. The molecule has 0 saturated carbocycles. The van der Waals surface area contributed by atoms with Crippen LogP contribution in [0.1, 0.15) is 12.0 Å². The first-order valence-electron chi connectivity index (χ1n) is 4.88. The van der Waals surface area contributed by atoms with Crippen LogP contribution >= 0.6 is 0 Å². The van der Waals surface area contributed by atoms with Crippen LogP contribution in [0.2, 0.25) is 0 Å². The van der Waals surface area contributed by atoms with Crippen LogP contribution in [0.4, 0.5) is 0 Å². The number of methoxy groups -OCH3 is 1. The summed E-state index contributed by atoms with van der Waals surface area (Å²) in [7, 11) is 1.58. The van der Waals surface area contributed by atoms with Crippen molar-refractivity contribution in [2.45, 2.75) is 6.42 Å². The van der Waals surface area contributed by atoms with Gasteiger partial charge >= 0.3 is 0 Å². The molecule has 82 valence electrons. The van der Waals surface area contributed by atoms with Crippen molar-refractivity contribution in [1.82, 2.24) is 5.32 Å². The maximum atomic E-state index is 11.3. The molecule has 1 fully saturated rings. The van der Waals surface area contributed by atoms with E-state index in [1.165, 1.54) is 0 Å². The summed E-state index contributed by atoms with van der Waals surface area (Å²) in [6.07, 6.45) is 1.85. The molecule has 0 radical (unpaired) electrons. The Morgan fingerprint density at radius 2 is 2.19 bits per heavy atom. The van der Waals surface area contributed by atoms with E-state index >= 15 is 0 Å². The van der Waals surface area contributed by atoms with Crippen LogP contribution in [-0.4, -0.2) is 18.9 Å². The number of carbonyl (C=O) groups is 2. The molecule has 0 unspecified atom stereocenters. The van der Waals surface area contributed by atoms with E-state index in [1.54, 1.807) is 13.2 Å². The van der Waals surface area contributed by atoms with Gasteiger partial charge in [-0.25, -0.2) is 0 Å².